The van der Waals surface area contributed by atoms with Gasteiger partial charge in [-0.05, 0) is 40.7 Å². The molecule has 0 N–H and O–H groups in total. The molecular formula is C21H18NO4S-. The lowest BCUT2D eigenvalue weighted by Crippen LogP contribution is -2.09. The van der Waals surface area contributed by atoms with Crippen LogP contribution in [0.4, 0.5) is 5.69 Å². The fourth-order valence-corrected chi connectivity index (χ4v) is 3.36. The summed E-state index contributed by atoms with van der Waals surface area (Å²) in [5.41, 5.74) is 1.36. The third-order valence-corrected chi connectivity index (χ3v) is 4.76. The third-order valence-electron chi connectivity index (χ3n) is 4.05. The van der Waals surface area contributed by atoms with Crippen molar-refractivity contribution in [2.75, 3.05) is 19.0 Å². The lowest BCUT2D eigenvalue weighted by atomic mass is 10.1. The molecule has 27 heavy (non-hydrogen) atoms. The van der Waals surface area contributed by atoms with Crippen molar-refractivity contribution in [1.29, 1.82) is 0 Å². The Kier molecular flexibility index (Phi) is 5.69. The molecule has 0 spiro atoms. The molecule has 0 radical (unpaired) electrons. The van der Waals surface area contributed by atoms with Crippen LogP contribution in [0.3, 0.4) is 0 Å². The van der Waals surface area contributed by atoms with E-state index >= 15 is 0 Å². The molecular weight excluding hydrogens is 362 g/mol. The summed E-state index contributed by atoms with van der Waals surface area (Å²) < 4.78 is 27.1. The van der Waals surface area contributed by atoms with Crippen molar-refractivity contribution in [3.63, 3.8) is 0 Å². The van der Waals surface area contributed by atoms with Gasteiger partial charge in [0.05, 0.1) is 0 Å². The molecule has 4 aromatic rings. The van der Waals surface area contributed by atoms with E-state index in [1.165, 1.54) is 6.07 Å². The van der Waals surface area contributed by atoms with E-state index in [1.54, 1.807) is 24.3 Å². The van der Waals surface area contributed by atoms with Gasteiger partial charge >= 0.3 is 5.63 Å². The van der Waals surface area contributed by atoms with Crippen molar-refractivity contribution < 1.29 is 13.2 Å². The van der Waals surface area contributed by atoms with E-state index in [1.807, 2.05) is 61.5 Å². The van der Waals surface area contributed by atoms with Gasteiger partial charge in [-0.15, -0.1) is 0 Å². The van der Waals surface area contributed by atoms with Crippen LogP contribution in [0.1, 0.15) is 0 Å². The van der Waals surface area contributed by atoms with Crippen molar-refractivity contribution >= 4 is 38.5 Å². The Hall–Kier alpha value is -2.96. The fraction of sp³-hybridized carbons (Fsp3) is 0.0952. The van der Waals surface area contributed by atoms with Gasteiger partial charge in [-0.2, -0.15) is 0 Å². The highest BCUT2D eigenvalue weighted by Crippen LogP contribution is 2.28. The summed E-state index contributed by atoms with van der Waals surface area (Å²) in [4.78, 5) is 13.0. The minimum absolute atomic E-state index is 0.302. The molecule has 0 aliphatic rings. The van der Waals surface area contributed by atoms with Crippen LogP contribution >= 0.6 is 0 Å². The van der Waals surface area contributed by atoms with E-state index in [-0.39, 0.29) is 5.63 Å². The van der Waals surface area contributed by atoms with Crippen molar-refractivity contribution in [3.05, 3.63) is 83.2 Å². The predicted octanol–water partition coefficient (Wildman–Crippen LogP) is 3.94. The van der Waals surface area contributed by atoms with Gasteiger partial charge in [0.25, 0.3) is 0 Å². The van der Waals surface area contributed by atoms with Gasteiger partial charge in [0.2, 0.25) is 0 Å². The molecule has 0 amide bonds. The first kappa shape index (κ1) is 18.8. The summed E-state index contributed by atoms with van der Waals surface area (Å²) in [6.45, 7) is 0. The second-order valence-corrected chi connectivity index (χ2v) is 6.96. The SMILES string of the molecule is CN(C)c1cccc2c(S(=O)[O-])cccc12.O=c1ccc2ccccc2o1. The molecule has 0 saturated carbocycles. The normalized spacial score (nSPS) is 11.7. The Morgan fingerprint density at radius 1 is 0.852 bits per heavy atom. The maximum absolute atomic E-state index is 11.1. The molecule has 1 atom stereocenters. The molecule has 0 aliphatic heterocycles. The van der Waals surface area contributed by atoms with Crippen LogP contribution in [0.15, 0.2) is 86.9 Å². The molecule has 6 heteroatoms. The Morgan fingerprint density at radius 3 is 2.30 bits per heavy atom. The maximum Gasteiger partial charge on any atom is 0.336 e. The van der Waals surface area contributed by atoms with E-state index in [4.69, 9.17) is 4.42 Å². The van der Waals surface area contributed by atoms with E-state index in [0.29, 0.717) is 10.5 Å². The van der Waals surface area contributed by atoms with Crippen LogP contribution in [0.5, 0.6) is 0 Å². The second kappa shape index (κ2) is 8.16. The van der Waals surface area contributed by atoms with Gasteiger partial charge in [0, 0.05) is 41.5 Å². The minimum Gasteiger partial charge on any atom is -0.768 e. The molecule has 0 bridgehead atoms. The molecule has 3 aromatic carbocycles. The molecule has 0 fully saturated rings. The standard InChI is InChI=1S/C12H13NO2S.C9H6O2/c1-13(2)11-7-3-6-10-9(11)5-4-8-12(10)16(14)15;10-9-6-5-7-3-1-2-4-8(7)11-9/h3-8H,1-2H3,(H,14,15);1-6H/p-1. The first-order valence-corrected chi connectivity index (χ1v) is 9.32. The third kappa shape index (κ3) is 4.24. The largest absolute Gasteiger partial charge is 0.768 e. The van der Waals surface area contributed by atoms with E-state index < -0.39 is 11.1 Å². The van der Waals surface area contributed by atoms with E-state index in [0.717, 1.165) is 21.8 Å². The van der Waals surface area contributed by atoms with E-state index in [9.17, 15) is 13.6 Å². The van der Waals surface area contributed by atoms with Crippen LogP contribution in [0.25, 0.3) is 21.7 Å². The quantitative estimate of drug-likeness (QED) is 0.389. The number of para-hydroxylation sites is 1. The molecule has 1 heterocycles. The average Bonchev–Trinajstić information content (AvgIpc) is 2.67. The topological polar surface area (TPSA) is 73.6 Å². The van der Waals surface area contributed by atoms with Gasteiger partial charge in [-0.1, -0.05) is 42.5 Å². The first-order chi connectivity index (χ1) is 13.0. The number of rotatable bonds is 2. The van der Waals surface area contributed by atoms with Crippen LogP contribution in [-0.2, 0) is 11.1 Å². The zero-order chi connectivity index (χ0) is 19.4. The van der Waals surface area contributed by atoms with Crippen LogP contribution in [0, 0.1) is 0 Å². The minimum atomic E-state index is -2.19. The lowest BCUT2D eigenvalue weighted by Gasteiger charge is -2.17. The molecule has 138 valence electrons. The molecule has 0 aliphatic carbocycles. The number of hydrogen-bond acceptors (Lipinski definition) is 5. The smallest absolute Gasteiger partial charge is 0.336 e. The molecule has 4 rings (SSSR count). The summed E-state index contributed by atoms with van der Waals surface area (Å²) in [6.07, 6.45) is 0. The number of nitrogens with zero attached hydrogens (tertiary/aromatic N) is 1. The van der Waals surface area contributed by atoms with Crippen molar-refractivity contribution in [1.82, 2.24) is 0 Å². The van der Waals surface area contributed by atoms with Gasteiger partial charge in [0.1, 0.15) is 5.58 Å². The van der Waals surface area contributed by atoms with Crippen molar-refractivity contribution in [2.45, 2.75) is 4.90 Å². The lowest BCUT2D eigenvalue weighted by molar-refractivity contribution is 0.538. The Labute approximate surface area is 159 Å². The van der Waals surface area contributed by atoms with Crippen molar-refractivity contribution in [3.8, 4) is 0 Å². The summed E-state index contributed by atoms with van der Waals surface area (Å²) >= 11 is -2.19. The molecule has 1 unspecified atom stereocenters. The van der Waals surface area contributed by atoms with Crippen molar-refractivity contribution in [2.24, 2.45) is 0 Å². The Bertz CT molecular complexity index is 1170. The highest BCUT2D eigenvalue weighted by Gasteiger charge is 2.06. The fourth-order valence-electron chi connectivity index (χ4n) is 2.81. The van der Waals surface area contributed by atoms with E-state index in [2.05, 4.69) is 0 Å². The molecule has 5 nitrogen and oxygen atoms in total. The Morgan fingerprint density at radius 2 is 1.56 bits per heavy atom. The number of fused-ring (bicyclic) bond motifs is 2. The first-order valence-electron chi connectivity index (χ1n) is 8.24. The number of benzene rings is 3. The van der Waals surface area contributed by atoms with Gasteiger partial charge in [-0.25, -0.2) is 4.79 Å². The average molecular weight is 380 g/mol. The number of anilines is 1. The highest BCUT2D eigenvalue weighted by molar-refractivity contribution is 7.79. The Balaban J connectivity index is 0.000000166. The predicted molar refractivity (Wildman–Crippen MR) is 108 cm³/mol. The van der Waals surface area contributed by atoms with Crippen LogP contribution in [0.2, 0.25) is 0 Å². The van der Waals surface area contributed by atoms with Gasteiger partial charge < -0.3 is 13.9 Å². The second-order valence-electron chi connectivity index (χ2n) is 6.05. The zero-order valence-corrected chi connectivity index (χ0v) is 15.7. The van der Waals surface area contributed by atoms with Crippen LogP contribution < -0.4 is 10.5 Å². The molecule has 0 saturated heterocycles. The number of hydrogen-bond donors (Lipinski definition) is 0. The van der Waals surface area contributed by atoms with Gasteiger partial charge in [0.15, 0.2) is 0 Å². The van der Waals surface area contributed by atoms with Crippen LogP contribution in [-0.4, -0.2) is 22.9 Å². The monoisotopic (exact) mass is 380 g/mol. The molecule has 1 aromatic heterocycles. The highest BCUT2D eigenvalue weighted by atomic mass is 32.2. The maximum atomic E-state index is 11.1. The summed E-state index contributed by atoms with van der Waals surface area (Å²) in [6, 6.07) is 21.6. The zero-order valence-electron chi connectivity index (χ0n) is 14.9. The summed E-state index contributed by atoms with van der Waals surface area (Å²) in [5, 5.41) is 2.67. The summed E-state index contributed by atoms with van der Waals surface area (Å²) in [7, 11) is 3.88. The summed E-state index contributed by atoms with van der Waals surface area (Å²) in [5.74, 6) is 0. The van der Waals surface area contributed by atoms with Gasteiger partial charge in [-0.3, -0.25) is 4.21 Å².